The van der Waals surface area contributed by atoms with E-state index in [1.165, 1.54) is 0 Å². The zero-order valence-corrected chi connectivity index (χ0v) is 26.9. The van der Waals surface area contributed by atoms with Gasteiger partial charge in [-0.15, -0.1) is 0 Å². The number of nitrogens with one attached hydrogen (secondary N) is 2. The van der Waals surface area contributed by atoms with Gasteiger partial charge < -0.3 is 29.8 Å². The Morgan fingerprint density at radius 1 is 0.978 bits per heavy atom. The highest BCUT2D eigenvalue weighted by Gasteiger charge is 2.30. The lowest BCUT2D eigenvalue weighted by atomic mass is 9.95. The van der Waals surface area contributed by atoms with Crippen LogP contribution in [0.3, 0.4) is 0 Å². The molecule has 0 aliphatic carbocycles. The highest BCUT2D eigenvalue weighted by molar-refractivity contribution is 5.87. The Kier molecular flexibility index (Phi) is 12.1. The predicted molar refractivity (Wildman–Crippen MR) is 174 cm³/mol. The Balaban J connectivity index is 1.56. The molecule has 1 aliphatic rings. The molecular weight excluding hydrogens is 586 g/mol. The number of hydrogen-bond donors (Lipinski definition) is 3. The number of amides is 2. The van der Waals surface area contributed by atoms with Crippen molar-refractivity contribution >= 4 is 34.7 Å². The number of aliphatic hydroxyl groups excluding tert-OH is 1. The van der Waals surface area contributed by atoms with E-state index < -0.39 is 35.4 Å². The number of benzene rings is 2. The molecule has 3 aromatic rings. The molecule has 46 heavy (non-hydrogen) atoms. The molecule has 4 rings (SSSR count). The summed E-state index contributed by atoms with van der Waals surface area (Å²) in [6, 6.07) is 16.7. The molecule has 10 nitrogen and oxygen atoms in total. The number of hydrogen-bond acceptors (Lipinski definition) is 7. The minimum atomic E-state index is -0.763. The number of aliphatic hydroxyl groups is 1. The Morgan fingerprint density at radius 3 is 2.39 bits per heavy atom. The van der Waals surface area contributed by atoms with Gasteiger partial charge in [0.05, 0.1) is 30.9 Å². The van der Waals surface area contributed by atoms with Crippen LogP contribution in [0.4, 0.5) is 0 Å². The highest BCUT2D eigenvalue weighted by Crippen LogP contribution is 2.23. The molecule has 1 aliphatic heterocycles. The molecule has 3 N–H and O–H groups in total. The minimum Gasteiger partial charge on any atom is -0.463 e. The normalized spacial score (nSPS) is 20.1. The summed E-state index contributed by atoms with van der Waals surface area (Å²) in [5.41, 5.74) is 2.12. The lowest BCUT2D eigenvalue weighted by Gasteiger charge is -2.27. The second kappa shape index (κ2) is 16.2. The van der Waals surface area contributed by atoms with E-state index in [1.807, 2.05) is 60.8 Å². The van der Waals surface area contributed by atoms with Crippen LogP contribution in [0.2, 0.25) is 0 Å². The first-order chi connectivity index (χ1) is 22.0. The standard InChI is InChI=1S/C36H45N3O7/c1-36(2,3)46-33(42)21-27-14-8-7-13-26(20-32(41)39(17-18-40)23-25-11-5-4-6-12-25)34(43)38-29(24-45-35(27)44)19-28-22-37-31-16-10-9-15-30(28)31/h4-12,15-16,22,26-27,29,37,40H,13-14,17-21,23-24H2,1-3H3,(H,38,43)/b8-7-/t26-,27-,29+/m0/s1. The van der Waals surface area contributed by atoms with Crippen LogP contribution in [0, 0.1) is 11.8 Å². The van der Waals surface area contributed by atoms with Gasteiger partial charge in [-0.2, -0.15) is 0 Å². The number of esters is 2. The van der Waals surface area contributed by atoms with Gasteiger partial charge in [0, 0.05) is 36.6 Å². The fraction of sp³-hybridized carbons (Fsp3) is 0.444. The van der Waals surface area contributed by atoms with Crippen LogP contribution in [-0.2, 0) is 41.6 Å². The first kappa shape index (κ1) is 34.4. The van der Waals surface area contributed by atoms with Gasteiger partial charge in [-0.25, -0.2) is 0 Å². The van der Waals surface area contributed by atoms with Gasteiger partial charge >= 0.3 is 11.9 Å². The molecule has 2 aromatic carbocycles. The maximum absolute atomic E-state index is 13.8. The van der Waals surface area contributed by atoms with Crippen LogP contribution < -0.4 is 5.32 Å². The number of allylic oxidation sites excluding steroid dienone is 2. The van der Waals surface area contributed by atoms with Crippen molar-refractivity contribution in [2.45, 2.75) is 71.1 Å². The number of ether oxygens (including phenoxy) is 2. The predicted octanol–water partition coefficient (Wildman–Crippen LogP) is 4.46. The van der Waals surface area contributed by atoms with Gasteiger partial charge in [0.25, 0.3) is 0 Å². The summed E-state index contributed by atoms with van der Waals surface area (Å²) < 4.78 is 11.2. The van der Waals surface area contributed by atoms with Crippen LogP contribution in [0.25, 0.3) is 10.9 Å². The number of rotatable bonds is 10. The van der Waals surface area contributed by atoms with Gasteiger partial charge in [0.2, 0.25) is 11.8 Å². The topological polar surface area (TPSA) is 138 Å². The molecule has 1 aromatic heterocycles. The lowest BCUT2D eigenvalue weighted by Crippen LogP contribution is -2.45. The molecule has 0 saturated carbocycles. The number of aromatic nitrogens is 1. The molecule has 0 saturated heterocycles. The number of carbonyl (C=O) groups excluding carboxylic acids is 4. The fourth-order valence-corrected chi connectivity index (χ4v) is 5.54. The summed E-state index contributed by atoms with van der Waals surface area (Å²) in [5.74, 6) is -3.08. The molecule has 0 spiro atoms. The number of nitrogens with zero attached hydrogens (tertiary/aromatic N) is 1. The molecule has 10 heteroatoms. The smallest absolute Gasteiger partial charge is 0.309 e. The van der Waals surface area contributed by atoms with Crippen molar-refractivity contribution < 1.29 is 33.8 Å². The van der Waals surface area contributed by atoms with E-state index >= 15 is 0 Å². The Labute approximate surface area is 270 Å². The third kappa shape index (κ3) is 10.3. The lowest BCUT2D eigenvalue weighted by molar-refractivity contribution is -0.161. The van der Waals surface area contributed by atoms with Crippen molar-refractivity contribution in [2.24, 2.45) is 11.8 Å². The third-order valence-electron chi connectivity index (χ3n) is 7.82. The number of cyclic esters (lactones) is 1. The average molecular weight is 632 g/mol. The number of fused-ring (bicyclic) bond motifs is 1. The Bertz CT molecular complexity index is 1510. The number of aromatic amines is 1. The van der Waals surface area contributed by atoms with Crippen LogP contribution in [-0.4, -0.2) is 70.1 Å². The highest BCUT2D eigenvalue weighted by atomic mass is 16.6. The molecular formula is C36H45N3O7. The number of para-hydroxylation sites is 1. The van der Waals surface area contributed by atoms with Crippen molar-refractivity contribution in [3.63, 3.8) is 0 Å². The SMILES string of the molecule is CC(C)(C)OC(=O)C[C@@H]1C/C=C\C[C@@H](CC(=O)N(CCO)Cc2ccccc2)C(=O)N[C@H](Cc2c[nH]c3ccccc23)COC1=O. The Hall–Kier alpha value is -4.44. The molecule has 0 radical (unpaired) electrons. The van der Waals surface area contributed by atoms with E-state index in [9.17, 15) is 24.3 Å². The summed E-state index contributed by atoms with van der Waals surface area (Å²) in [5, 5.41) is 13.7. The summed E-state index contributed by atoms with van der Waals surface area (Å²) in [6.07, 6.45) is 6.04. The summed E-state index contributed by atoms with van der Waals surface area (Å²) in [7, 11) is 0. The van der Waals surface area contributed by atoms with Crippen LogP contribution in [0.15, 0.2) is 72.9 Å². The van der Waals surface area contributed by atoms with Gasteiger partial charge in [0.1, 0.15) is 12.2 Å². The van der Waals surface area contributed by atoms with Gasteiger partial charge in [0.15, 0.2) is 0 Å². The van der Waals surface area contributed by atoms with Crippen molar-refractivity contribution in [3.8, 4) is 0 Å². The van der Waals surface area contributed by atoms with Crippen LogP contribution in [0.1, 0.15) is 57.6 Å². The largest absolute Gasteiger partial charge is 0.463 e. The van der Waals surface area contributed by atoms with Gasteiger partial charge in [-0.1, -0.05) is 60.7 Å². The maximum atomic E-state index is 13.8. The Morgan fingerprint density at radius 2 is 1.67 bits per heavy atom. The average Bonchev–Trinajstić information content (AvgIpc) is 3.41. The number of H-pyrrole nitrogens is 1. The van der Waals surface area contributed by atoms with Gasteiger partial charge in [-0.3, -0.25) is 19.2 Å². The first-order valence-corrected chi connectivity index (χ1v) is 15.8. The molecule has 0 bridgehead atoms. The zero-order chi connectivity index (χ0) is 33.1. The van der Waals surface area contributed by atoms with E-state index in [1.54, 1.807) is 37.8 Å². The zero-order valence-electron chi connectivity index (χ0n) is 26.9. The first-order valence-electron chi connectivity index (χ1n) is 15.8. The maximum Gasteiger partial charge on any atom is 0.309 e. The summed E-state index contributed by atoms with van der Waals surface area (Å²) in [6.45, 7) is 5.46. The van der Waals surface area contributed by atoms with Crippen molar-refractivity contribution in [1.82, 2.24) is 15.2 Å². The van der Waals surface area contributed by atoms with E-state index in [-0.39, 0.29) is 57.3 Å². The van der Waals surface area contributed by atoms with Crippen LogP contribution in [0.5, 0.6) is 0 Å². The minimum absolute atomic E-state index is 0.0655. The molecule has 3 atom stereocenters. The van der Waals surface area contributed by atoms with Crippen molar-refractivity contribution in [1.29, 1.82) is 0 Å². The second-order valence-corrected chi connectivity index (χ2v) is 12.8. The summed E-state index contributed by atoms with van der Waals surface area (Å²) >= 11 is 0. The molecule has 2 heterocycles. The van der Waals surface area contributed by atoms with E-state index in [2.05, 4.69) is 10.3 Å². The van der Waals surface area contributed by atoms with Crippen LogP contribution >= 0.6 is 0 Å². The van der Waals surface area contributed by atoms with E-state index in [0.717, 1.165) is 22.0 Å². The van der Waals surface area contributed by atoms with E-state index in [4.69, 9.17) is 9.47 Å². The molecule has 246 valence electrons. The monoisotopic (exact) mass is 631 g/mol. The van der Waals surface area contributed by atoms with Gasteiger partial charge in [-0.05, 0) is 57.2 Å². The quantitative estimate of drug-likeness (QED) is 0.222. The number of carbonyl (C=O) groups is 4. The fourth-order valence-electron chi connectivity index (χ4n) is 5.54. The molecule has 0 fully saturated rings. The summed E-state index contributed by atoms with van der Waals surface area (Å²) in [4.78, 5) is 57.9. The third-order valence-corrected chi connectivity index (χ3v) is 7.82. The molecule has 2 amide bonds. The van der Waals surface area contributed by atoms with Crippen molar-refractivity contribution in [3.05, 3.63) is 84.1 Å². The van der Waals surface area contributed by atoms with Crippen molar-refractivity contribution in [2.75, 3.05) is 19.8 Å². The molecule has 0 unspecified atom stereocenters. The van der Waals surface area contributed by atoms with E-state index in [0.29, 0.717) is 13.0 Å². The second-order valence-electron chi connectivity index (χ2n) is 12.8.